The zero-order valence-corrected chi connectivity index (χ0v) is 12.9. The van der Waals surface area contributed by atoms with Gasteiger partial charge in [-0.1, -0.05) is 30.3 Å². The highest BCUT2D eigenvalue weighted by molar-refractivity contribution is 5.69. The van der Waals surface area contributed by atoms with Crippen molar-refractivity contribution in [2.75, 3.05) is 0 Å². The quantitative estimate of drug-likeness (QED) is 0.862. The average Bonchev–Trinajstić information content (AvgIpc) is 2.93. The van der Waals surface area contributed by atoms with E-state index in [0.717, 1.165) is 5.56 Å². The lowest BCUT2D eigenvalue weighted by molar-refractivity contribution is -0.169. The van der Waals surface area contributed by atoms with E-state index in [1.165, 1.54) is 0 Å². The van der Waals surface area contributed by atoms with Gasteiger partial charge in [0.05, 0.1) is 18.6 Å². The summed E-state index contributed by atoms with van der Waals surface area (Å²) in [6, 6.07) is 9.57. The molecule has 0 radical (unpaired) electrons. The zero-order valence-electron chi connectivity index (χ0n) is 12.9. The first kappa shape index (κ1) is 15.5. The van der Waals surface area contributed by atoms with Crippen LogP contribution in [-0.2, 0) is 25.6 Å². The van der Waals surface area contributed by atoms with Crippen molar-refractivity contribution in [3.8, 4) is 0 Å². The number of ether oxygens (including phenoxy) is 3. The Hall–Kier alpha value is -1.43. The summed E-state index contributed by atoms with van der Waals surface area (Å²) in [7, 11) is 0. The number of carbonyl (C=O) groups is 1. The second kappa shape index (κ2) is 5.99. The van der Waals surface area contributed by atoms with Crippen LogP contribution in [0.5, 0.6) is 0 Å². The largest absolute Gasteiger partial charge is 0.461 e. The minimum Gasteiger partial charge on any atom is -0.461 e. The van der Waals surface area contributed by atoms with Crippen molar-refractivity contribution in [3.05, 3.63) is 35.9 Å². The number of fused-ring (bicyclic) bond motifs is 1. The Bertz CT molecular complexity index is 527. The van der Waals surface area contributed by atoms with Crippen molar-refractivity contribution in [1.29, 1.82) is 0 Å². The third kappa shape index (κ3) is 3.32. The number of esters is 1. The van der Waals surface area contributed by atoms with Crippen molar-refractivity contribution < 1.29 is 24.1 Å². The molecule has 5 heteroatoms. The van der Waals surface area contributed by atoms with Crippen LogP contribution in [0, 0.1) is 5.92 Å². The number of hydrogen-bond acceptors (Lipinski definition) is 5. The molecular formula is C17H22O5. The summed E-state index contributed by atoms with van der Waals surface area (Å²) in [6.45, 7) is 3.91. The molecule has 1 saturated heterocycles. The van der Waals surface area contributed by atoms with Crippen molar-refractivity contribution in [2.45, 2.75) is 57.4 Å². The van der Waals surface area contributed by atoms with E-state index in [4.69, 9.17) is 14.2 Å². The Morgan fingerprint density at radius 1 is 1.27 bits per heavy atom. The predicted octanol–water partition coefficient (Wildman–Crippen LogP) is 2.02. The maximum Gasteiger partial charge on any atom is 0.306 e. The van der Waals surface area contributed by atoms with E-state index in [2.05, 4.69) is 0 Å². The standard InChI is InChI=1S/C17H22O5/c1-17(2)21-15-12(8-13(18)16(15)22-17)9-14(19)20-10-11-6-4-3-5-7-11/h3-7,12-13,15-16,18H,8-10H2,1-2H3/t12-,13-,15?,16?/m0/s1. The van der Waals surface area contributed by atoms with E-state index in [-0.39, 0.29) is 37.1 Å². The summed E-state index contributed by atoms with van der Waals surface area (Å²) >= 11 is 0. The van der Waals surface area contributed by atoms with Gasteiger partial charge in [0.25, 0.3) is 0 Å². The summed E-state index contributed by atoms with van der Waals surface area (Å²) in [5.74, 6) is -1.04. The van der Waals surface area contributed by atoms with Gasteiger partial charge < -0.3 is 19.3 Å². The highest BCUT2D eigenvalue weighted by Crippen LogP contribution is 2.42. The fraction of sp³-hybridized carbons (Fsp3) is 0.588. The van der Waals surface area contributed by atoms with Crippen LogP contribution in [0.4, 0.5) is 0 Å². The molecule has 22 heavy (non-hydrogen) atoms. The SMILES string of the molecule is CC1(C)OC2C(O1)[C@@H](O)C[C@H]2CC(=O)OCc1ccccc1. The van der Waals surface area contributed by atoms with Crippen molar-refractivity contribution in [3.63, 3.8) is 0 Å². The molecule has 4 atom stereocenters. The van der Waals surface area contributed by atoms with E-state index in [0.29, 0.717) is 6.42 Å². The molecule has 0 amide bonds. The van der Waals surface area contributed by atoms with Crippen LogP contribution in [0.2, 0.25) is 0 Å². The van der Waals surface area contributed by atoms with Gasteiger partial charge in [-0.2, -0.15) is 0 Å². The van der Waals surface area contributed by atoms with Crippen molar-refractivity contribution >= 4 is 5.97 Å². The second-order valence-electron chi connectivity index (χ2n) is 6.48. The highest BCUT2D eigenvalue weighted by Gasteiger charge is 2.53. The van der Waals surface area contributed by atoms with Crippen LogP contribution in [0.25, 0.3) is 0 Å². The average molecular weight is 306 g/mol. The lowest BCUT2D eigenvalue weighted by atomic mass is 10.0. The molecule has 0 spiro atoms. The molecule has 5 nitrogen and oxygen atoms in total. The Balaban J connectivity index is 1.53. The molecule has 1 N–H and O–H groups in total. The van der Waals surface area contributed by atoms with Gasteiger partial charge in [0.2, 0.25) is 0 Å². The van der Waals surface area contributed by atoms with E-state index in [1.54, 1.807) is 0 Å². The summed E-state index contributed by atoms with van der Waals surface area (Å²) in [6.07, 6.45) is -0.425. The normalized spacial score (nSPS) is 32.7. The van der Waals surface area contributed by atoms with Crippen LogP contribution in [0.1, 0.15) is 32.3 Å². The maximum atomic E-state index is 12.0. The van der Waals surface area contributed by atoms with E-state index in [1.807, 2.05) is 44.2 Å². The van der Waals surface area contributed by atoms with Gasteiger partial charge >= 0.3 is 5.97 Å². The van der Waals surface area contributed by atoms with E-state index < -0.39 is 11.9 Å². The fourth-order valence-electron chi connectivity index (χ4n) is 3.27. The molecule has 2 unspecified atom stereocenters. The number of aliphatic hydroxyl groups excluding tert-OH is 1. The van der Waals surface area contributed by atoms with Gasteiger partial charge in [-0.3, -0.25) is 4.79 Å². The van der Waals surface area contributed by atoms with Gasteiger partial charge in [-0.15, -0.1) is 0 Å². The molecule has 2 aliphatic rings. The molecule has 0 aromatic heterocycles. The van der Waals surface area contributed by atoms with E-state index in [9.17, 15) is 9.90 Å². The first-order valence-corrected chi connectivity index (χ1v) is 7.68. The van der Waals surface area contributed by atoms with Gasteiger partial charge in [-0.25, -0.2) is 0 Å². The van der Waals surface area contributed by atoms with Crippen LogP contribution >= 0.6 is 0 Å². The summed E-state index contributed by atoms with van der Waals surface area (Å²) in [4.78, 5) is 12.0. The molecule has 1 aromatic rings. The van der Waals surface area contributed by atoms with Crippen LogP contribution in [0.3, 0.4) is 0 Å². The number of benzene rings is 1. The fourth-order valence-corrected chi connectivity index (χ4v) is 3.27. The number of carbonyl (C=O) groups excluding carboxylic acids is 1. The number of hydrogen-bond donors (Lipinski definition) is 1. The smallest absolute Gasteiger partial charge is 0.306 e. The summed E-state index contributed by atoms with van der Waals surface area (Å²) < 4.78 is 16.8. The van der Waals surface area contributed by atoms with Crippen molar-refractivity contribution in [2.24, 2.45) is 5.92 Å². The maximum absolute atomic E-state index is 12.0. The molecular weight excluding hydrogens is 284 g/mol. The van der Waals surface area contributed by atoms with Crippen LogP contribution in [0.15, 0.2) is 30.3 Å². The highest BCUT2D eigenvalue weighted by atomic mass is 16.8. The van der Waals surface area contributed by atoms with E-state index >= 15 is 0 Å². The van der Waals surface area contributed by atoms with Gasteiger partial charge in [0.15, 0.2) is 5.79 Å². The number of rotatable bonds is 4. The molecule has 1 aliphatic carbocycles. The molecule has 2 fully saturated rings. The first-order valence-electron chi connectivity index (χ1n) is 7.68. The van der Waals surface area contributed by atoms with Gasteiger partial charge in [0, 0.05) is 5.92 Å². The Morgan fingerprint density at radius 3 is 2.68 bits per heavy atom. The molecule has 1 heterocycles. The lowest BCUT2D eigenvalue weighted by Gasteiger charge is -2.21. The van der Waals surface area contributed by atoms with Gasteiger partial charge in [-0.05, 0) is 25.8 Å². The molecule has 1 aliphatic heterocycles. The van der Waals surface area contributed by atoms with Crippen LogP contribution < -0.4 is 0 Å². The molecule has 3 rings (SSSR count). The summed E-state index contributed by atoms with van der Waals surface area (Å²) in [5.41, 5.74) is 0.960. The Morgan fingerprint density at radius 2 is 1.95 bits per heavy atom. The summed E-state index contributed by atoms with van der Waals surface area (Å²) in [5, 5.41) is 10.1. The Kier molecular flexibility index (Phi) is 4.21. The van der Waals surface area contributed by atoms with Crippen LogP contribution in [-0.4, -0.2) is 35.2 Å². The minimum absolute atomic E-state index is 0.0648. The Labute approximate surface area is 130 Å². The zero-order chi connectivity index (χ0) is 15.7. The molecule has 1 aromatic carbocycles. The third-order valence-corrected chi connectivity index (χ3v) is 4.22. The minimum atomic E-state index is -0.705. The first-order chi connectivity index (χ1) is 10.4. The second-order valence-corrected chi connectivity index (χ2v) is 6.48. The topological polar surface area (TPSA) is 65.0 Å². The third-order valence-electron chi connectivity index (χ3n) is 4.22. The van der Waals surface area contributed by atoms with Crippen molar-refractivity contribution in [1.82, 2.24) is 0 Å². The molecule has 120 valence electrons. The molecule has 0 bridgehead atoms. The molecule has 1 saturated carbocycles. The number of aliphatic hydroxyl groups is 1. The van der Waals surface area contributed by atoms with Gasteiger partial charge in [0.1, 0.15) is 12.7 Å². The monoisotopic (exact) mass is 306 g/mol. The predicted molar refractivity (Wildman–Crippen MR) is 78.8 cm³/mol. The lowest BCUT2D eigenvalue weighted by Crippen LogP contribution is -2.28.